The lowest BCUT2D eigenvalue weighted by Gasteiger charge is -2.05. The Morgan fingerprint density at radius 2 is 2.12 bits per heavy atom. The minimum absolute atomic E-state index is 0.0915. The van der Waals surface area contributed by atoms with Crippen LogP contribution in [0.1, 0.15) is 20.8 Å². The topological polar surface area (TPSA) is 94.4 Å². The van der Waals surface area contributed by atoms with Crippen LogP contribution in [0.15, 0.2) is 54.0 Å². The van der Waals surface area contributed by atoms with Crippen molar-refractivity contribution in [1.82, 2.24) is 4.98 Å². The Morgan fingerprint density at radius 1 is 1.31 bits per heavy atom. The first-order chi connectivity index (χ1) is 12.5. The van der Waals surface area contributed by atoms with Gasteiger partial charge in [-0.3, -0.25) is 14.9 Å². The number of nitrogens with one attached hydrogen (secondary N) is 1. The average Bonchev–Trinajstić information content (AvgIpc) is 3.09. The van der Waals surface area contributed by atoms with E-state index in [-0.39, 0.29) is 24.0 Å². The third-order valence-corrected chi connectivity index (χ3v) is 4.47. The maximum absolute atomic E-state index is 12.3. The summed E-state index contributed by atoms with van der Waals surface area (Å²) >= 11 is 1.27. The highest BCUT2D eigenvalue weighted by molar-refractivity contribution is 7.12. The highest BCUT2D eigenvalue weighted by Crippen LogP contribution is 2.27. The van der Waals surface area contributed by atoms with Gasteiger partial charge in [0.1, 0.15) is 12.4 Å². The van der Waals surface area contributed by atoms with Crippen LogP contribution in [0.2, 0.25) is 0 Å². The minimum atomic E-state index is -0.489. The van der Waals surface area contributed by atoms with Gasteiger partial charge < -0.3 is 10.1 Å². The van der Waals surface area contributed by atoms with E-state index in [9.17, 15) is 14.9 Å². The lowest BCUT2D eigenvalue weighted by atomic mass is 10.3. The smallest absolute Gasteiger partial charge is 0.310 e. The number of hydrogen-bond acceptors (Lipinski definition) is 6. The predicted molar refractivity (Wildman–Crippen MR) is 98.7 cm³/mol. The van der Waals surface area contributed by atoms with Crippen LogP contribution in [0.4, 0.5) is 11.5 Å². The number of nitrogens with zero attached hydrogens (tertiary/aromatic N) is 2. The summed E-state index contributed by atoms with van der Waals surface area (Å²) < 4.78 is 5.53. The van der Waals surface area contributed by atoms with Crippen molar-refractivity contribution in [2.45, 2.75) is 13.5 Å². The normalized spacial score (nSPS) is 10.3. The number of thiophene rings is 1. The van der Waals surface area contributed by atoms with E-state index in [2.05, 4.69) is 10.3 Å². The summed E-state index contributed by atoms with van der Waals surface area (Å²) in [6.07, 6.45) is 1.63. The molecule has 8 heteroatoms. The second-order valence-electron chi connectivity index (χ2n) is 5.51. The standard InChI is InChI=1S/C18H15N3O4S/c1-12-6-7-19-17(8-12)20-18(22)16-9-13(11-26-16)10-25-15-5-3-2-4-14(15)21(23)24/h2-9,11H,10H2,1H3,(H,19,20,22). The first-order valence-electron chi connectivity index (χ1n) is 7.70. The molecule has 0 unspecified atom stereocenters. The van der Waals surface area contributed by atoms with Crippen LogP contribution in [0, 0.1) is 17.0 Å². The molecule has 26 heavy (non-hydrogen) atoms. The summed E-state index contributed by atoms with van der Waals surface area (Å²) in [5.41, 5.74) is 1.67. The van der Waals surface area contributed by atoms with Crippen molar-refractivity contribution in [1.29, 1.82) is 0 Å². The van der Waals surface area contributed by atoms with Crippen molar-refractivity contribution in [3.8, 4) is 5.75 Å². The second-order valence-corrected chi connectivity index (χ2v) is 6.42. The van der Waals surface area contributed by atoms with Crippen LogP contribution in [-0.4, -0.2) is 15.8 Å². The third-order valence-electron chi connectivity index (χ3n) is 3.49. The van der Waals surface area contributed by atoms with Gasteiger partial charge in [-0.05, 0) is 42.1 Å². The summed E-state index contributed by atoms with van der Waals surface area (Å²) in [5, 5.41) is 15.5. The van der Waals surface area contributed by atoms with Crippen LogP contribution >= 0.6 is 11.3 Å². The fraction of sp³-hybridized carbons (Fsp3) is 0.111. The Bertz CT molecular complexity index is 955. The Morgan fingerprint density at radius 3 is 2.88 bits per heavy atom. The van der Waals surface area contributed by atoms with E-state index < -0.39 is 4.92 Å². The number of hydrogen-bond donors (Lipinski definition) is 1. The molecule has 0 spiro atoms. The van der Waals surface area contributed by atoms with E-state index in [1.54, 1.807) is 41.9 Å². The van der Waals surface area contributed by atoms with Crippen LogP contribution in [0.25, 0.3) is 0 Å². The molecular formula is C18H15N3O4S. The van der Waals surface area contributed by atoms with Gasteiger partial charge in [-0.15, -0.1) is 11.3 Å². The molecule has 1 aromatic carbocycles. The Labute approximate surface area is 153 Å². The number of para-hydroxylation sites is 2. The van der Waals surface area contributed by atoms with E-state index in [0.29, 0.717) is 10.7 Å². The highest BCUT2D eigenvalue weighted by Gasteiger charge is 2.15. The summed E-state index contributed by atoms with van der Waals surface area (Å²) in [6.45, 7) is 2.05. The van der Waals surface area contributed by atoms with Gasteiger partial charge in [0.2, 0.25) is 0 Å². The minimum Gasteiger partial charge on any atom is -0.482 e. The number of pyridine rings is 1. The van der Waals surface area contributed by atoms with Gasteiger partial charge in [0.05, 0.1) is 9.80 Å². The maximum Gasteiger partial charge on any atom is 0.310 e. The van der Waals surface area contributed by atoms with E-state index in [4.69, 9.17) is 4.74 Å². The number of benzene rings is 1. The Balaban J connectivity index is 1.65. The van der Waals surface area contributed by atoms with Gasteiger partial charge >= 0.3 is 5.69 Å². The van der Waals surface area contributed by atoms with Gasteiger partial charge in [-0.25, -0.2) is 4.98 Å². The molecule has 0 fully saturated rings. The number of amides is 1. The molecule has 0 saturated carbocycles. The average molecular weight is 369 g/mol. The maximum atomic E-state index is 12.3. The lowest BCUT2D eigenvalue weighted by Crippen LogP contribution is -2.11. The number of rotatable bonds is 6. The van der Waals surface area contributed by atoms with Crippen molar-refractivity contribution < 1.29 is 14.5 Å². The Hall–Kier alpha value is -3.26. The number of anilines is 1. The van der Waals surface area contributed by atoms with Crippen LogP contribution in [-0.2, 0) is 6.61 Å². The number of aryl methyl sites for hydroxylation is 1. The Kier molecular flexibility index (Phi) is 5.23. The molecule has 0 atom stereocenters. The molecule has 2 heterocycles. The first kappa shape index (κ1) is 17.6. The number of aromatic nitrogens is 1. The van der Waals surface area contributed by atoms with Gasteiger partial charge in [0, 0.05) is 17.8 Å². The molecule has 0 bridgehead atoms. The molecule has 3 rings (SSSR count). The molecule has 7 nitrogen and oxygen atoms in total. The lowest BCUT2D eigenvalue weighted by molar-refractivity contribution is -0.385. The second kappa shape index (κ2) is 7.75. The van der Waals surface area contributed by atoms with Crippen molar-refractivity contribution in [2.75, 3.05) is 5.32 Å². The van der Waals surface area contributed by atoms with Gasteiger partial charge in [0.15, 0.2) is 5.75 Å². The molecule has 0 aliphatic rings. The molecular weight excluding hydrogens is 354 g/mol. The molecule has 1 N–H and O–H groups in total. The van der Waals surface area contributed by atoms with Crippen molar-refractivity contribution in [3.63, 3.8) is 0 Å². The molecule has 0 radical (unpaired) electrons. The molecule has 2 aromatic heterocycles. The number of carbonyl (C=O) groups excluding carboxylic acids is 1. The summed E-state index contributed by atoms with van der Waals surface area (Å²) in [4.78, 5) is 27.4. The van der Waals surface area contributed by atoms with Gasteiger partial charge in [0.25, 0.3) is 5.91 Å². The SMILES string of the molecule is Cc1ccnc(NC(=O)c2cc(COc3ccccc3[N+](=O)[O-])cs2)c1. The number of carbonyl (C=O) groups is 1. The molecule has 132 valence electrons. The van der Waals surface area contributed by atoms with Crippen molar-refractivity contribution in [3.05, 3.63) is 80.2 Å². The molecule has 1 amide bonds. The largest absolute Gasteiger partial charge is 0.482 e. The van der Waals surface area contributed by atoms with E-state index >= 15 is 0 Å². The zero-order valence-electron chi connectivity index (χ0n) is 13.8. The quantitative estimate of drug-likeness (QED) is 0.519. The van der Waals surface area contributed by atoms with Gasteiger partial charge in [-0.1, -0.05) is 12.1 Å². The number of nitro benzene ring substituents is 1. The van der Waals surface area contributed by atoms with E-state index in [0.717, 1.165) is 11.1 Å². The van der Waals surface area contributed by atoms with E-state index in [1.807, 2.05) is 13.0 Å². The molecule has 0 aliphatic heterocycles. The summed E-state index contributed by atoms with van der Waals surface area (Å²) in [6, 6.07) is 11.5. The van der Waals surface area contributed by atoms with Crippen molar-refractivity contribution >= 4 is 28.7 Å². The first-order valence-corrected chi connectivity index (χ1v) is 8.58. The molecule has 0 saturated heterocycles. The number of nitro groups is 1. The van der Waals surface area contributed by atoms with Crippen LogP contribution < -0.4 is 10.1 Å². The highest BCUT2D eigenvalue weighted by atomic mass is 32.1. The van der Waals surface area contributed by atoms with Gasteiger partial charge in [-0.2, -0.15) is 0 Å². The summed E-state index contributed by atoms with van der Waals surface area (Å²) in [7, 11) is 0. The van der Waals surface area contributed by atoms with Crippen LogP contribution in [0.5, 0.6) is 5.75 Å². The number of ether oxygens (including phenoxy) is 1. The van der Waals surface area contributed by atoms with E-state index in [1.165, 1.54) is 17.4 Å². The van der Waals surface area contributed by atoms with Crippen LogP contribution in [0.3, 0.4) is 0 Å². The fourth-order valence-electron chi connectivity index (χ4n) is 2.24. The zero-order chi connectivity index (χ0) is 18.5. The van der Waals surface area contributed by atoms with Crippen molar-refractivity contribution in [2.24, 2.45) is 0 Å². The fourth-order valence-corrected chi connectivity index (χ4v) is 3.04. The monoisotopic (exact) mass is 369 g/mol. The predicted octanol–water partition coefficient (Wildman–Crippen LogP) is 4.19. The molecule has 0 aliphatic carbocycles. The zero-order valence-corrected chi connectivity index (χ0v) is 14.7. The summed E-state index contributed by atoms with van der Waals surface area (Å²) in [5.74, 6) is 0.421. The third kappa shape index (κ3) is 4.22. The molecule has 3 aromatic rings.